The minimum atomic E-state index is 0.585. The molecule has 0 amide bonds. The number of aromatic nitrogens is 1. The highest BCUT2D eigenvalue weighted by atomic mass is 32.1. The number of para-hydroxylation sites is 1. The van der Waals surface area contributed by atoms with Gasteiger partial charge in [0.15, 0.2) is 0 Å². The minimum absolute atomic E-state index is 0.585. The maximum Gasteiger partial charge on any atom is 0.214 e. The van der Waals surface area contributed by atoms with E-state index in [0.29, 0.717) is 12.5 Å². The van der Waals surface area contributed by atoms with Crippen molar-refractivity contribution in [2.75, 3.05) is 46.0 Å². The fourth-order valence-corrected chi connectivity index (χ4v) is 3.08. The number of ether oxygens (including phenoxy) is 2. The van der Waals surface area contributed by atoms with Crippen molar-refractivity contribution < 1.29 is 9.47 Å². The van der Waals surface area contributed by atoms with Crippen LogP contribution in [0.25, 0.3) is 10.9 Å². The van der Waals surface area contributed by atoms with Gasteiger partial charge in [0, 0.05) is 43.2 Å². The van der Waals surface area contributed by atoms with Gasteiger partial charge in [0.25, 0.3) is 0 Å². The number of pyridine rings is 1. The van der Waals surface area contributed by atoms with Crippen LogP contribution in [0.3, 0.4) is 0 Å². The van der Waals surface area contributed by atoms with Crippen LogP contribution in [0, 0.1) is 0 Å². The summed E-state index contributed by atoms with van der Waals surface area (Å²) in [6, 6.07) is 9.94. The largest absolute Gasteiger partial charge is 0.478 e. The number of nitrogens with zero attached hydrogens (tertiary/aromatic N) is 2. The van der Waals surface area contributed by atoms with Crippen molar-refractivity contribution in [3.63, 3.8) is 0 Å². The second-order valence-electron chi connectivity index (χ2n) is 5.67. The van der Waals surface area contributed by atoms with Gasteiger partial charge in [-0.15, -0.1) is 0 Å². The van der Waals surface area contributed by atoms with Crippen LogP contribution in [0.1, 0.15) is 12.5 Å². The van der Waals surface area contributed by atoms with Crippen LogP contribution >= 0.6 is 12.2 Å². The van der Waals surface area contributed by atoms with E-state index in [1.807, 2.05) is 37.3 Å². The molecule has 3 rings (SSSR count). The smallest absolute Gasteiger partial charge is 0.214 e. The van der Waals surface area contributed by atoms with E-state index >= 15 is 0 Å². The molecule has 24 heavy (non-hydrogen) atoms. The molecule has 1 aliphatic heterocycles. The molecule has 6 heteroatoms. The molecular weight excluding hydrogens is 322 g/mol. The van der Waals surface area contributed by atoms with E-state index < -0.39 is 0 Å². The van der Waals surface area contributed by atoms with E-state index in [1.165, 1.54) is 0 Å². The normalized spacial score (nSPS) is 15.4. The lowest BCUT2D eigenvalue weighted by Crippen LogP contribution is -2.41. The predicted molar refractivity (Wildman–Crippen MR) is 99.9 cm³/mol. The summed E-state index contributed by atoms with van der Waals surface area (Å²) >= 11 is 5.62. The van der Waals surface area contributed by atoms with Gasteiger partial charge in [0.2, 0.25) is 5.88 Å². The van der Waals surface area contributed by atoms with E-state index in [2.05, 4.69) is 15.2 Å². The zero-order chi connectivity index (χ0) is 16.8. The lowest BCUT2D eigenvalue weighted by Gasteiger charge is -2.26. The Morgan fingerprint density at radius 2 is 2.12 bits per heavy atom. The van der Waals surface area contributed by atoms with Crippen LogP contribution in [0.15, 0.2) is 30.3 Å². The summed E-state index contributed by atoms with van der Waals surface area (Å²) in [5.41, 5.74) is 1.87. The van der Waals surface area contributed by atoms with Crippen LogP contribution in [0.4, 0.5) is 0 Å². The average molecular weight is 345 g/mol. The highest BCUT2D eigenvalue weighted by Crippen LogP contribution is 2.22. The number of morpholine rings is 1. The number of hydrogen-bond acceptors (Lipinski definition) is 5. The van der Waals surface area contributed by atoms with E-state index in [9.17, 15) is 0 Å². The standard InChI is InChI=1S/C18H23N3O2S/c1-2-23-17-13-15(14-5-3-4-6-16(14)20-17)18(24)19-7-8-21-9-11-22-12-10-21/h3-6,13H,2,7-12H2,1H3,(H,19,24). The van der Waals surface area contributed by atoms with Crippen LogP contribution in [0.5, 0.6) is 5.88 Å². The first kappa shape index (κ1) is 17.1. The molecular formula is C18H23N3O2S. The van der Waals surface area contributed by atoms with Crippen molar-refractivity contribution >= 4 is 28.1 Å². The Morgan fingerprint density at radius 1 is 1.33 bits per heavy atom. The molecule has 1 fully saturated rings. The van der Waals surface area contributed by atoms with Gasteiger partial charge in [0.05, 0.1) is 25.3 Å². The van der Waals surface area contributed by atoms with Gasteiger partial charge in [-0.2, -0.15) is 0 Å². The van der Waals surface area contributed by atoms with E-state index in [0.717, 1.165) is 60.8 Å². The van der Waals surface area contributed by atoms with Gasteiger partial charge in [-0.1, -0.05) is 30.4 Å². The molecule has 0 spiro atoms. The van der Waals surface area contributed by atoms with Crippen molar-refractivity contribution in [3.8, 4) is 5.88 Å². The monoisotopic (exact) mass is 345 g/mol. The number of hydrogen-bond donors (Lipinski definition) is 1. The van der Waals surface area contributed by atoms with E-state index in [1.54, 1.807) is 0 Å². The van der Waals surface area contributed by atoms with Crippen LogP contribution in [-0.4, -0.2) is 60.9 Å². The lowest BCUT2D eigenvalue weighted by atomic mass is 10.1. The minimum Gasteiger partial charge on any atom is -0.478 e. The quantitative estimate of drug-likeness (QED) is 0.810. The second-order valence-corrected chi connectivity index (χ2v) is 6.08. The lowest BCUT2D eigenvalue weighted by molar-refractivity contribution is 0.0389. The summed E-state index contributed by atoms with van der Waals surface area (Å²) in [7, 11) is 0. The van der Waals surface area contributed by atoms with Crippen LogP contribution in [0.2, 0.25) is 0 Å². The summed E-state index contributed by atoms with van der Waals surface area (Å²) in [5.74, 6) is 0.614. The molecule has 0 radical (unpaired) electrons. The van der Waals surface area contributed by atoms with Crippen molar-refractivity contribution in [2.24, 2.45) is 0 Å². The fourth-order valence-electron chi connectivity index (χ4n) is 2.81. The van der Waals surface area contributed by atoms with Gasteiger partial charge < -0.3 is 14.8 Å². The summed E-state index contributed by atoms with van der Waals surface area (Å²) in [5, 5.41) is 4.42. The Kier molecular flexibility index (Phi) is 5.96. The molecule has 1 aromatic carbocycles. The first-order chi connectivity index (χ1) is 11.8. The maximum absolute atomic E-state index is 5.62. The van der Waals surface area contributed by atoms with Crippen LogP contribution < -0.4 is 10.1 Å². The maximum atomic E-state index is 5.62. The highest BCUT2D eigenvalue weighted by molar-refractivity contribution is 7.80. The molecule has 1 aliphatic rings. The summed E-state index contributed by atoms with van der Waals surface area (Å²) in [4.78, 5) is 7.65. The highest BCUT2D eigenvalue weighted by Gasteiger charge is 2.12. The molecule has 128 valence electrons. The summed E-state index contributed by atoms with van der Waals surface area (Å²) in [6.45, 7) is 7.93. The first-order valence-corrected chi connectivity index (χ1v) is 8.79. The molecule has 0 aliphatic carbocycles. The van der Waals surface area contributed by atoms with Gasteiger partial charge >= 0.3 is 0 Å². The molecule has 0 bridgehead atoms. The Bertz CT molecular complexity index is 702. The van der Waals surface area contributed by atoms with Gasteiger partial charge in [-0.3, -0.25) is 4.90 Å². The SMILES string of the molecule is CCOc1cc(C(=S)NCCN2CCOCC2)c2ccccc2n1. The summed E-state index contributed by atoms with van der Waals surface area (Å²) < 4.78 is 11.0. The number of rotatable bonds is 6. The van der Waals surface area contributed by atoms with Crippen molar-refractivity contribution in [3.05, 3.63) is 35.9 Å². The van der Waals surface area contributed by atoms with E-state index in [4.69, 9.17) is 21.7 Å². The second kappa shape index (κ2) is 8.37. The molecule has 1 aromatic heterocycles. The third-order valence-corrected chi connectivity index (χ3v) is 4.41. The van der Waals surface area contributed by atoms with E-state index in [-0.39, 0.29) is 0 Å². The predicted octanol–water partition coefficient (Wildman–Crippen LogP) is 2.23. The van der Waals surface area contributed by atoms with Crippen molar-refractivity contribution in [2.45, 2.75) is 6.92 Å². The van der Waals surface area contributed by atoms with Gasteiger partial charge in [-0.05, 0) is 13.0 Å². The van der Waals surface area contributed by atoms with Crippen LogP contribution in [-0.2, 0) is 4.74 Å². The topological polar surface area (TPSA) is 46.6 Å². The number of benzene rings is 1. The van der Waals surface area contributed by atoms with Crippen molar-refractivity contribution in [1.82, 2.24) is 15.2 Å². The Labute approximate surface area is 148 Å². The Morgan fingerprint density at radius 3 is 2.92 bits per heavy atom. The first-order valence-electron chi connectivity index (χ1n) is 8.39. The molecule has 0 atom stereocenters. The van der Waals surface area contributed by atoms with Gasteiger partial charge in [0.1, 0.15) is 4.99 Å². The molecule has 1 saturated heterocycles. The molecule has 1 N–H and O–H groups in total. The number of nitrogens with one attached hydrogen (secondary N) is 1. The molecule has 0 saturated carbocycles. The zero-order valence-corrected chi connectivity index (χ0v) is 14.8. The molecule has 0 unspecified atom stereocenters. The molecule has 2 aromatic rings. The molecule has 5 nitrogen and oxygen atoms in total. The average Bonchev–Trinajstić information content (AvgIpc) is 2.62. The van der Waals surface area contributed by atoms with Crippen molar-refractivity contribution in [1.29, 1.82) is 0 Å². The Hall–Kier alpha value is -1.76. The third kappa shape index (κ3) is 4.20. The summed E-state index contributed by atoms with van der Waals surface area (Å²) in [6.07, 6.45) is 0. The third-order valence-electron chi connectivity index (χ3n) is 4.05. The number of fused-ring (bicyclic) bond motifs is 1. The van der Waals surface area contributed by atoms with Gasteiger partial charge in [-0.25, -0.2) is 4.98 Å². The molecule has 2 heterocycles. The fraction of sp³-hybridized carbons (Fsp3) is 0.444. The Balaban J connectivity index is 1.70. The zero-order valence-electron chi connectivity index (χ0n) is 14.0. The number of thiocarbonyl (C=S) groups is 1.